The Labute approximate surface area is 213 Å². The maximum Gasteiger partial charge on any atom is 0.264 e. The van der Waals surface area contributed by atoms with E-state index in [0.29, 0.717) is 23.6 Å². The first-order valence-corrected chi connectivity index (χ1v) is 13.3. The Kier molecular flexibility index (Phi) is 7.00. The van der Waals surface area contributed by atoms with E-state index in [9.17, 15) is 13.2 Å². The largest absolute Gasteiger partial charge is 0.497 e. The van der Waals surface area contributed by atoms with E-state index in [4.69, 9.17) is 9.47 Å². The zero-order valence-corrected chi connectivity index (χ0v) is 22.1. The summed E-state index contributed by atoms with van der Waals surface area (Å²) in [5, 5.41) is 2.93. The SMILES string of the molecule is COc1cccc(-c2ccc3c(c2)N(S(=O)(=O)c2cccc(C)c2)C[C@H](CC(C)(C)NC(C)=O)O3)c1. The van der Waals surface area contributed by atoms with Crippen molar-refractivity contribution in [2.24, 2.45) is 0 Å². The van der Waals surface area contributed by atoms with Gasteiger partial charge >= 0.3 is 0 Å². The van der Waals surface area contributed by atoms with Crippen LogP contribution in [0.25, 0.3) is 11.1 Å². The molecule has 0 radical (unpaired) electrons. The molecule has 1 aliphatic heterocycles. The molecule has 0 aliphatic carbocycles. The first-order chi connectivity index (χ1) is 17.0. The van der Waals surface area contributed by atoms with E-state index in [-0.39, 0.29) is 17.3 Å². The summed E-state index contributed by atoms with van der Waals surface area (Å²) >= 11 is 0. The van der Waals surface area contributed by atoms with Gasteiger partial charge in [-0.1, -0.05) is 30.3 Å². The number of nitrogens with one attached hydrogen (secondary N) is 1. The van der Waals surface area contributed by atoms with E-state index in [1.54, 1.807) is 31.4 Å². The number of aryl methyl sites for hydroxylation is 1. The lowest BCUT2D eigenvalue weighted by Crippen LogP contribution is -2.50. The minimum Gasteiger partial charge on any atom is -0.497 e. The van der Waals surface area contributed by atoms with Crippen LogP contribution in [0.3, 0.4) is 0 Å². The molecular formula is C28H32N2O5S. The Morgan fingerprint density at radius 1 is 1.08 bits per heavy atom. The third kappa shape index (κ3) is 5.49. The van der Waals surface area contributed by atoms with E-state index < -0.39 is 21.7 Å². The summed E-state index contributed by atoms with van der Waals surface area (Å²) < 4.78 is 40.9. The summed E-state index contributed by atoms with van der Waals surface area (Å²) in [6.07, 6.45) is -0.0228. The zero-order valence-electron chi connectivity index (χ0n) is 21.2. The molecule has 0 bridgehead atoms. The molecule has 0 saturated carbocycles. The van der Waals surface area contributed by atoms with E-state index >= 15 is 0 Å². The lowest BCUT2D eigenvalue weighted by Gasteiger charge is -2.39. The number of benzene rings is 3. The second-order valence-electron chi connectivity index (χ2n) is 9.78. The molecule has 1 amide bonds. The molecule has 8 heteroatoms. The standard InChI is InChI=1S/C28H32N2O5S/c1-19-8-6-11-25(14-19)36(32,33)30-18-24(17-28(3,4)29-20(2)31)35-27-13-12-22(16-26(27)30)21-9-7-10-23(15-21)34-5/h6-16,24H,17-18H2,1-5H3,(H,29,31)/t24-/m0/s1. The van der Waals surface area contributed by atoms with Crippen LogP contribution in [0.1, 0.15) is 32.8 Å². The number of methoxy groups -OCH3 is 1. The normalized spacial score (nSPS) is 15.6. The predicted octanol–water partition coefficient (Wildman–Crippen LogP) is 4.93. The number of sulfonamides is 1. The lowest BCUT2D eigenvalue weighted by molar-refractivity contribution is -0.120. The second-order valence-corrected chi connectivity index (χ2v) is 11.6. The average molecular weight is 509 g/mol. The zero-order chi connectivity index (χ0) is 26.1. The van der Waals surface area contributed by atoms with Crippen molar-refractivity contribution >= 4 is 21.6 Å². The van der Waals surface area contributed by atoms with E-state index in [1.807, 2.05) is 63.2 Å². The van der Waals surface area contributed by atoms with Gasteiger partial charge in [0.25, 0.3) is 10.0 Å². The van der Waals surface area contributed by atoms with Crippen molar-refractivity contribution in [1.82, 2.24) is 5.32 Å². The number of amides is 1. The van der Waals surface area contributed by atoms with Crippen LogP contribution in [0, 0.1) is 6.92 Å². The number of carbonyl (C=O) groups is 1. The molecule has 1 heterocycles. The molecule has 0 aromatic heterocycles. The fraction of sp³-hybridized carbons (Fsp3) is 0.321. The van der Waals surface area contributed by atoms with Gasteiger partial charge in [-0.25, -0.2) is 8.42 Å². The fourth-order valence-corrected chi connectivity index (χ4v) is 6.23. The summed E-state index contributed by atoms with van der Waals surface area (Å²) in [5.74, 6) is 1.04. The third-order valence-corrected chi connectivity index (χ3v) is 7.90. The number of hydrogen-bond donors (Lipinski definition) is 1. The summed E-state index contributed by atoms with van der Waals surface area (Å²) in [6, 6.07) is 20.1. The summed E-state index contributed by atoms with van der Waals surface area (Å²) in [5.41, 5.74) is 2.51. The van der Waals surface area contributed by atoms with Gasteiger partial charge in [-0.05, 0) is 73.9 Å². The van der Waals surface area contributed by atoms with Gasteiger partial charge in [0.15, 0.2) is 0 Å². The van der Waals surface area contributed by atoms with Crippen LogP contribution in [0.4, 0.5) is 5.69 Å². The van der Waals surface area contributed by atoms with Crippen LogP contribution in [-0.4, -0.2) is 39.6 Å². The summed E-state index contributed by atoms with van der Waals surface area (Å²) in [6.45, 7) is 7.25. The second kappa shape index (κ2) is 9.85. The van der Waals surface area contributed by atoms with E-state index in [2.05, 4.69) is 5.32 Å². The van der Waals surface area contributed by atoms with Gasteiger partial charge in [0, 0.05) is 18.9 Å². The molecule has 3 aromatic rings. The van der Waals surface area contributed by atoms with Crippen molar-refractivity contribution in [3.63, 3.8) is 0 Å². The molecule has 36 heavy (non-hydrogen) atoms. The van der Waals surface area contributed by atoms with Crippen molar-refractivity contribution in [3.8, 4) is 22.6 Å². The van der Waals surface area contributed by atoms with Gasteiger partial charge in [0.2, 0.25) is 5.91 Å². The summed E-state index contributed by atoms with van der Waals surface area (Å²) in [4.78, 5) is 11.9. The molecule has 7 nitrogen and oxygen atoms in total. The van der Waals surface area contributed by atoms with Crippen molar-refractivity contribution < 1.29 is 22.7 Å². The molecular weight excluding hydrogens is 476 g/mol. The van der Waals surface area contributed by atoms with Crippen LogP contribution in [0.15, 0.2) is 71.6 Å². The number of ether oxygens (including phenoxy) is 2. The van der Waals surface area contributed by atoms with Gasteiger partial charge in [0.1, 0.15) is 17.6 Å². The molecule has 0 unspecified atom stereocenters. The van der Waals surface area contributed by atoms with Crippen LogP contribution in [-0.2, 0) is 14.8 Å². The van der Waals surface area contributed by atoms with Crippen molar-refractivity contribution in [1.29, 1.82) is 0 Å². The minimum absolute atomic E-state index is 0.119. The molecule has 0 spiro atoms. The Morgan fingerprint density at radius 2 is 1.81 bits per heavy atom. The van der Waals surface area contributed by atoms with Crippen molar-refractivity contribution in [3.05, 3.63) is 72.3 Å². The number of hydrogen-bond acceptors (Lipinski definition) is 5. The first kappa shape index (κ1) is 25.6. The number of fused-ring (bicyclic) bond motifs is 1. The van der Waals surface area contributed by atoms with Gasteiger partial charge in [-0.2, -0.15) is 0 Å². The Morgan fingerprint density at radius 3 is 2.50 bits per heavy atom. The Bertz CT molecular complexity index is 1380. The highest BCUT2D eigenvalue weighted by Crippen LogP contribution is 2.41. The van der Waals surface area contributed by atoms with E-state index in [0.717, 1.165) is 16.7 Å². The monoisotopic (exact) mass is 508 g/mol. The maximum absolute atomic E-state index is 13.9. The summed E-state index contributed by atoms with van der Waals surface area (Å²) in [7, 11) is -2.27. The Hall–Kier alpha value is -3.52. The number of nitrogens with zero attached hydrogens (tertiary/aromatic N) is 1. The smallest absolute Gasteiger partial charge is 0.264 e. The lowest BCUT2D eigenvalue weighted by atomic mass is 9.95. The molecule has 0 fully saturated rings. The molecule has 1 aliphatic rings. The highest BCUT2D eigenvalue weighted by atomic mass is 32.2. The van der Waals surface area contributed by atoms with Gasteiger partial charge < -0.3 is 14.8 Å². The number of rotatable bonds is 7. The van der Waals surface area contributed by atoms with Crippen molar-refractivity contribution in [2.75, 3.05) is 18.0 Å². The van der Waals surface area contributed by atoms with Gasteiger partial charge in [0.05, 0.1) is 24.2 Å². The third-order valence-electron chi connectivity index (χ3n) is 6.12. The molecule has 190 valence electrons. The van der Waals surface area contributed by atoms with Crippen molar-refractivity contribution in [2.45, 2.75) is 50.7 Å². The number of carbonyl (C=O) groups excluding carboxylic acids is 1. The van der Waals surface area contributed by atoms with Gasteiger partial charge in [-0.3, -0.25) is 9.10 Å². The first-order valence-electron chi connectivity index (χ1n) is 11.8. The molecule has 3 aromatic carbocycles. The number of anilines is 1. The molecule has 1 N–H and O–H groups in total. The fourth-order valence-electron chi connectivity index (χ4n) is 4.63. The van der Waals surface area contributed by atoms with Crippen LogP contribution in [0.2, 0.25) is 0 Å². The topological polar surface area (TPSA) is 84.9 Å². The maximum atomic E-state index is 13.9. The Balaban J connectivity index is 1.79. The molecule has 1 atom stereocenters. The van der Waals surface area contributed by atoms with Crippen LogP contribution in [0.5, 0.6) is 11.5 Å². The minimum atomic E-state index is -3.88. The van der Waals surface area contributed by atoms with Crippen LogP contribution >= 0.6 is 0 Å². The predicted molar refractivity (Wildman–Crippen MR) is 141 cm³/mol. The average Bonchev–Trinajstić information content (AvgIpc) is 2.82. The van der Waals surface area contributed by atoms with Crippen LogP contribution < -0.4 is 19.1 Å². The highest BCUT2D eigenvalue weighted by molar-refractivity contribution is 7.92. The molecule has 4 rings (SSSR count). The van der Waals surface area contributed by atoms with Gasteiger partial charge in [-0.15, -0.1) is 0 Å². The quantitative estimate of drug-likeness (QED) is 0.489. The highest BCUT2D eigenvalue weighted by Gasteiger charge is 2.37. The van der Waals surface area contributed by atoms with E-state index in [1.165, 1.54) is 11.2 Å². The molecule has 0 saturated heterocycles.